The Kier molecular flexibility index (Phi) is 9.14. The number of nitrogens with two attached hydrogens (primary N) is 1. The van der Waals surface area contributed by atoms with E-state index in [2.05, 4.69) is 18.4 Å². The molecule has 0 radical (unpaired) electrons. The third-order valence-electron chi connectivity index (χ3n) is 3.92. The van der Waals surface area contributed by atoms with Gasteiger partial charge in [-0.1, -0.05) is 24.3 Å². The van der Waals surface area contributed by atoms with E-state index in [4.69, 9.17) is 19.4 Å². The molecule has 2 aromatic rings. The number of ether oxygens (including phenoxy) is 2. The first-order valence-electron chi connectivity index (χ1n) is 8.55. The van der Waals surface area contributed by atoms with Crippen LogP contribution in [0, 0.1) is 0 Å². The van der Waals surface area contributed by atoms with Crippen LogP contribution < -0.4 is 19.9 Å². The number of likely N-dealkylation sites (N-methyl/N-ethyl adjacent to an activating group) is 1. The first-order valence-corrected chi connectivity index (χ1v) is 8.55. The van der Waals surface area contributed by atoms with Crippen molar-refractivity contribution in [3.05, 3.63) is 47.5 Å². The van der Waals surface area contributed by atoms with E-state index in [1.165, 1.54) is 5.56 Å². The summed E-state index contributed by atoms with van der Waals surface area (Å²) in [6.07, 6.45) is -3.39. The van der Waals surface area contributed by atoms with Crippen LogP contribution in [0.1, 0.15) is 15.9 Å². The highest BCUT2D eigenvalue weighted by Crippen LogP contribution is 2.36. The second kappa shape index (κ2) is 11.1. The molecular formula is C20H22F3NO5. The van der Waals surface area contributed by atoms with E-state index in [-0.39, 0.29) is 0 Å². The molecule has 0 amide bonds. The van der Waals surface area contributed by atoms with Gasteiger partial charge >= 0.3 is 6.18 Å². The number of halogens is 3. The fourth-order valence-electron chi connectivity index (χ4n) is 2.53. The molecule has 0 atom stereocenters. The molecule has 0 aliphatic rings. The largest absolute Gasteiger partial charge is 0.542 e. The normalized spacial score (nSPS) is 10.6. The standard InChI is InChI=1S/C18H21NO3.C2HF3O2/c1-19-9-8-13-6-4-5-7-15(13)16-11-18(22-3)17(21-2)10-14(16)12-20;3-2(4,5)1(6)7/h4-7,10-12,19H,8-9H2,1-3H3;(H,6,7). The lowest BCUT2D eigenvalue weighted by Crippen LogP contribution is -2.80. The van der Waals surface area contributed by atoms with Crippen LogP contribution in [0.15, 0.2) is 36.4 Å². The molecule has 0 unspecified atom stereocenters. The summed E-state index contributed by atoms with van der Waals surface area (Å²) in [4.78, 5) is 20.3. The van der Waals surface area contributed by atoms with E-state index in [0.29, 0.717) is 17.1 Å². The van der Waals surface area contributed by atoms with Crippen LogP contribution in [-0.4, -0.2) is 46.2 Å². The average Bonchev–Trinajstić information content (AvgIpc) is 2.71. The van der Waals surface area contributed by atoms with Crippen LogP contribution >= 0.6 is 0 Å². The van der Waals surface area contributed by atoms with Gasteiger partial charge in [0.2, 0.25) is 0 Å². The second-order valence-corrected chi connectivity index (χ2v) is 5.80. The molecule has 158 valence electrons. The number of quaternary nitrogens is 1. The summed E-state index contributed by atoms with van der Waals surface area (Å²) >= 11 is 0. The van der Waals surface area contributed by atoms with Crippen molar-refractivity contribution < 1.29 is 42.7 Å². The molecule has 0 saturated carbocycles. The van der Waals surface area contributed by atoms with Gasteiger partial charge < -0.3 is 24.7 Å². The van der Waals surface area contributed by atoms with Gasteiger partial charge in [0.05, 0.1) is 27.8 Å². The highest BCUT2D eigenvalue weighted by Gasteiger charge is 2.28. The number of rotatable bonds is 7. The minimum Gasteiger partial charge on any atom is -0.542 e. The Hall–Kier alpha value is -3.07. The Morgan fingerprint density at radius 1 is 1.10 bits per heavy atom. The summed E-state index contributed by atoms with van der Waals surface area (Å²) in [5.41, 5.74) is 3.76. The summed E-state index contributed by atoms with van der Waals surface area (Å²) in [6, 6.07) is 11.7. The molecule has 0 fully saturated rings. The maximum Gasteiger partial charge on any atom is 0.430 e. The van der Waals surface area contributed by atoms with Crippen molar-refractivity contribution in [1.82, 2.24) is 0 Å². The SMILES string of the molecule is C[NH2+]CCc1ccccc1-c1cc(OC)c(OC)cc1C=O.O=C([O-])C(F)(F)F. The number of carboxylic acids is 1. The van der Waals surface area contributed by atoms with Crippen LogP contribution in [0.5, 0.6) is 11.5 Å². The van der Waals surface area contributed by atoms with E-state index in [1.54, 1.807) is 20.3 Å². The van der Waals surface area contributed by atoms with Gasteiger partial charge in [0.25, 0.3) is 0 Å². The van der Waals surface area contributed by atoms with Crippen molar-refractivity contribution in [2.75, 3.05) is 27.8 Å². The van der Waals surface area contributed by atoms with Crippen LogP contribution in [-0.2, 0) is 11.2 Å². The summed E-state index contributed by atoms with van der Waals surface area (Å²) < 4.78 is 42.2. The van der Waals surface area contributed by atoms with Crippen molar-refractivity contribution in [1.29, 1.82) is 0 Å². The zero-order valence-electron chi connectivity index (χ0n) is 16.2. The van der Waals surface area contributed by atoms with Gasteiger partial charge in [0, 0.05) is 12.0 Å². The number of aliphatic carboxylic acids is 1. The Labute approximate surface area is 166 Å². The van der Waals surface area contributed by atoms with Gasteiger partial charge in [-0.25, -0.2) is 0 Å². The van der Waals surface area contributed by atoms with Gasteiger partial charge in [-0.2, -0.15) is 13.2 Å². The molecule has 0 aliphatic heterocycles. The van der Waals surface area contributed by atoms with Crippen LogP contribution in [0.4, 0.5) is 13.2 Å². The summed E-state index contributed by atoms with van der Waals surface area (Å²) in [6.45, 7) is 1.00. The van der Waals surface area contributed by atoms with Gasteiger partial charge in [-0.05, 0) is 28.8 Å². The Morgan fingerprint density at radius 3 is 2.14 bits per heavy atom. The summed E-state index contributed by atoms with van der Waals surface area (Å²) in [7, 11) is 5.22. The summed E-state index contributed by atoms with van der Waals surface area (Å²) in [5, 5.41) is 10.9. The highest BCUT2D eigenvalue weighted by atomic mass is 19.4. The van der Waals surface area contributed by atoms with Gasteiger partial charge in [-0.3, -0.25) is 4.79 Å². The highest BCUT2D eigenvalue weighted by molar-refractivity contribution is 5.90. The quantitative estimate of drug-likeness (QED) is 0.689. The minimum atomic E-state index is -5.19. The van der Waals surface area contributed by atoms with Gasteiger partial charge in [0.15, 0.2) is 17.8 Å². The number of alkyl halides is 3. The first kappa shape index (κ1) is 24.0. The molecule has 0 spiro atoms. The number of carbonyl (C=O) groups excluding carboxylic acids is 2. The second-order valence-electron chi connectivity index (χ2n) is 5.80. The third kappa shape index (κ3) is 6.79. The van der Waals surface area contributed by atoms with Crippen molar-refractivity contribution in [3.63, 3.8) is 0 Å². The predicted molar refractivity (Wildman–Crippen MR) is 97.9 cm³/mol. The van der Waals surface area contributed by atoms with E-state index in [9.17, 15) is 18.0 Å². The smallest absolute Gasteiger partial charge is 0.430 e. The lowest BCUT2D eigenvalue weighted by molar-refractivity contribution is -0.626. The number of carbonyl (C=O) groups is 2. The number of aldehydes is 1. The molecule has 29 heavy (non-hydrogen) atoms. The van der Waals surface area contributed by atoms with Crippen LogP contribution in [0.25, 0.3) is 11.1 Å². The first-order chi connectivity index (χ1) is 13.7. The third-order valence-corrected chi connectivity index (χ3v) is 3.92. The Balaban J connectivity index is 0.000000516. The molecule has 2 aromatic carbocycles. The molecule has 9 heteroatoms. The van der Waals surface area contributed by atoms with Crippen LogP contribution in [0.3, 0.4) is 0 Å². The fourth-order valence-corrected chi connectivity index (χ4v) is 2.53. The van der Waals surface area contributed by atoms with Crippen LogP contribution in [0.2, 0.25) is 0 Å². The molecule has 0 aromatic heterocycles. The lowest BCUT2D eigenvalue weighted by Gasteiger charge is -2.15. The molecule has 0 heterocycles. The van der Waals surface area contributed by atoms with Crippen molar-refractivity contribution in [2.45, 2.75) is 12.6 Å². The summed E-state index contributed by atoms with van der Waals surface area (Å²) in [5.74, 6) is -1.82. The predicted octanol–water partition coefficient (Wildman–Crippen LogP) is 1.22. The molecular weight excluding hydrogens is 391 g/mol. The molecule has 2 rings (SSSR count). The van der Waals surface area contributed by atoms with E-state index >= 15 is 0 Å². The molecule has 0 saturated heterocycles. The van der Waals surface area contributed by atoms with E-state index in [0.717, 1.165) is 30.4 Å². The number of carboxylic acid groups (broad SMARTS) is 1. The number of hydrogen-bond acceptors (Lipinski definition) is 5. The van der Waals surface area contributed by atoms with Crippen molar-refractivity contribution in [2.24, 2.45) is 0 Å². The Morgan fingerprint density at radius 2 is 1.66 bits per heavy atom. The molecule has 0 bridgehead atoms. The lowest BCUT2D eigenvalue weighted by atomic mass is 9.94. The van der Waals surface area contributed by atoms with E-state index < -0.39 is 12.1 Å². The number of methoxy groups -OCH3 is 2. The minimum absolute atomic E-state index is 0.563. The number of hydrogen-bond donors (Lipinski definition) is 1. The topological polar surface area (TPSA) is 92.3 Å². The maximum absolute atomic E-state index is 11.5. The van der Waals surface area contributed by atoms with Gasteiger partial charge in [-0.15, -0.1) is 0 Å². The molecule has 0 aliphatic carbocycles. The number of benzene rings is 2. The zero-order valence-corrected chi connectivity index (χ0v) is 16.2. The Bertz CT molecular complexity index is 837. The average molecular weight is 413 g/mol. The van der Waals surface area contributed by atoms with Crippen molar-refractivity contribution in [3.8, 4) is 22.6 Å². The van der Waals surface area contributed by atoms with E-state index in [1.807, 2.05) is 24.3 Å². The fraction of sp³-hybridized carbons (Fsp3) is 0.300. The monoisotopic (exact) mass is 413 g/mol. The van der Waals surface area contributed by atoms with Gasteiger partial charge in [0.1, 0.15) is 5.97 Å². The maximum atomic E-state index is 11.5. The zero-order chi connectivity index (χ0) is 22.0. The van der Waals surface area contributed by atoms with Crippen molar-refractivity contribution >= 4 is 12.3 Å². The molecule has 6 nitrogen and oxygen atoms in total. The molecule has 2 N–H and O–H groups in total.